The number of nitrogens with two attached hydrogens (primary N) is 1. The number of hydrogen-bond donors (Lipinski definition) is 1. The summed E-state index contributed by atoms with van der Waals surface area (Å²) >= 11 is 0. The lowest BCUT2D eigenvalue weighted by Gasteiger charge is -2.29. The Morgan fingerprint density at radius 3 is 2.63 bits per heavy atom. The molecular weight excluding hydrogens is 240 g/mol. The van der Waals surface area contributed by atoms with E-state index in [9.17, 15) is 4.79 Å². The van der Waals surface area contributed by atoms with Crippen molar-refractivity contribution >= 4 is 5.78 Å². The Bertz CT molecular complexity index is 419. The predicted octanol–water partition coefficient (Wildman–Crippen LogP) is 2.17. The second kappa shape index (κ2) is 6.28. The second-order valence-corrected chi connectivity index (χ2v) is 5.57. The van der Waals surface area contributed by atoms with Crippen LogP contribution in [0.1, 0.15) is 62.4 Å². The Morgan fingerprint density at radius 1 is 1.37 bits per heavy atom. The molecule has 1 saturated carbocycles. The van der Waals surface area contributed by atoms with Crippen LogP contribution in [-0.2, 0) is 6.54 Å². The molecule has 106 valence electrons. The fourth-order valence-electron chi connectivity index (χ4n) is 3.01. The van der Waals surface area contributed by atoms with Crippen LogP contribution in [-0.4, -0.2) is 27.3 Å². The summed E-state index contributed by atoms with van der Waals surface area (Å²) in [4.78, 5) is 12.9. The van der Waals surface area contributed by atoms with Crippen LogP contribution in [0.5, 0.6) is 0 Å². The zero-order valence-electron chi connectivity index (χ0n) is 11.8. The van der Waals surface area contributed by atoms with Gasteiger partial charge >= 0.3 is 0 Å². The van der Waals surface area contributed by atoms with Gasteiger partial charge in [0.15, 0.2) is 5.78 Å². The highest BCUT2D eigenvalue weighted by Gasteiger charge is 2.39. The monoisotopic (exact) mass is 264 g/mol. The molecule has 0 spiro atoms. The third kappa shape index (κ3) is 2.86. The molecule has 2 N–H and O–H groups in total. The van der Waals surface area contributed by atoms with Crippen molar-refractivity contribution in [2.24, 2.45) is 11.1 Å². The molecule has 0 atom stereocenters. The molecular formula is C14H24N4O. The summed E-state index contributed by atoms with van der Waals surface area (Å²) in [6.07, 6.45) is 8.96. The molecule has 5 nitrogen and oxygen atoms in total. The molecule has 0 saturated heterocycles. The largest absolute Gasteiger partial charge is 0.329 e. The van der Waals surface area contributed by atoms with Gasteiger partial charge in [0.1, 0.15) is 5.69 Å². The van der Waals surface area contributed by atoms with Gasteiger partial charge in [-0.1, -0.05) is 37.8 Å². The van der Waals surface area contributed by atoms with Gasteiger partial charge in [-0.15, -0.1) is 5.10 Å². The number of hydrogen-bond acceptors (Lipinski definition) is 4. The number of carbonyl (C=O) groups is 1. The molecule has 1 aliphatic carbocycles. The average molecular weight is 264 g/mol. The van der Waals surface area contributed by atoms with Gasteiger partial charge in [0.2, 0.25) is 0 Å². The summed E-state index contributed by atoms with van der Waals surface area (Å²) in [5.41, 5.74) is 6.22. The summed E-state index contributed by atoms with van der Waals surface area (Å²) < 4.78 is 1.73. The minimum Gasteiger partial charge on any atom is -0.329 e. The summed E-state index contributed by atoms with van der Waals surface area (Å²) in [5, 5.41) is 7.91. The van der Waals surface area contributed by atoms with E-state index in [4.69, 9.17) is 5.73 Å². The molecule has 5 heteroatoms. The lowest BCUT2D eigenvalue weighted by Crippen LogP contribution is -2.39. The number of carbonyl (C=O) groups excluding carboxylic acids is 1. The SMILES string of the molecule is CCCn1nncc1C(=O)C1(CN)CCCCCC1. The van der Waals surface area contributed by atoms with Crippen LogP contribution in [0.4, 0.5) is 0 Å². The van der Waals surface area contributed by atoms with E-state index in [1.54, 1.807) is 10.9 Å². The first-order valence-electron chi connectivity index (χ1n) is 7.37. The first kappa shape index (κ1) is 14.2. The van der Waals surface area contributed by atoms with Crippen LogP contribution in [0.15, 0.2) is 6.20 Å². The molecule has 0 amide bonds. The Hall–Kier alpha value is -1.23. The zero-order chi connectivity index (χ0) is 13.7. The zero-order valence-corrected chi connectivity index (χ0v) is 11.8. The summed E-state index contributed by atoms with van der Waals surface area (Å²) in [6, 6.07) is 0. The first-order chi connectivity index (χ1) is 9.23. The van der Waals surface area contributed by atoms with Crippen molar-refractivity contribution in [3.05, 3.63) is 11.9 Å². The van der Waals surface area contributed by atoms with Gasteiger partial charge in [0.05, 0.1) is 6.20 Å². The molecule has 0 aromatic carbocycles. The van der Waals surface area contributed by atoms with Crippen molar-refractivity contribution in [1.29, 1.82) is 0 Å². The van der Waals surface area contributed by atoms with Crippen molar-refractivity contribution in [3.63, 3.8) is 0 Å². The van der Waals surface area contributed by atoms with E-state index in [1.807, 2.05) is 0 Å². The quantitative estimate of drug-likeness (QED) is 0.653. The molecule has 1 aliphatic rings. The van der Waals surface area contributed by atoms with Crippen molar-refractivity contribution in [2.45, 2.75) is 58.4 Å². The number of ketones is 1. The van der Waals surface area contributed by atoms with Gasteiger partial charge in [-0.3, -0.25) is 4.79 Å². The normalized spacial score (nSPS) is 19.1. The highest BCUT2D eigenvalue weighted by Crippen LogP contribution is 2.37. The van der Waals surface area contributed by atoms with Gasteiger partial charge in [-0.25, -0.2) is 4.68 Å². The van der Waals surface area contributed by atoms with Crippen LogP contribution >= 0.6 is 0 Å². The highest BCUT2D eigenvalue weighted by molar-refractivity contribution is 5.99. The molecule has 19 heavy (non-hydrogen) atoms. The molecule has 1 fully saturated rings. The predicted molar refractivity (Wildman–Crippen MR) is 73.8 cm³/mol. The van der Waals surface area contributed by atoms with E-state index in [1.165, 1.54) is 12.8 Å². The van der Waals surface area contributed by atoms with Crippen molar-refractivity contribution in [1.82, 2.24) is 15.0 Å². The van der Waals surface area contributed by atoms with Crippen LogP contribution in [0.2, 0.25) is 0 Å². The second-order valence-electron chi connectivity index (χ2n) is 5.57. The van der Waals surface area contributed by atoms with Crippen molar-refractivity contribution in [3.8, 4) is 0 Å². The Morgan fingerprint density at radius 2 is 2.05 bits per heavy atom. The third-order valence-electron chi connectivity index (χ3n) is 4.22. The van der Waals surface area contributed by atoms with E-state index in [0.717, 1.165) is 38.6 Å². The Kier molecular flexibility index (Phi) is 4.69. The fraction of sp³-hybridized carbons (Fsp3) is 0.786. The highest BCUT2D eigenvalue weighted by atomic mass is 16.1. The maximum Gasteiger partial charge on any atom is 0.189 e. The van der Waals surface area contributed by atoms with Gasteiger partial charge < -0.3 is 5.73 Å². The topological polar surface area (TPSA) is 73.8 Å². The van der Waals surface area contributed by atoms with Gasteiger partial charge in [0, 0.05) is 18.5 Å². The summed E-state index contributed by atoms with van der Waals surface area (Å²) in [5.74, 6) is 0.148. The van der Waals surface area contributed by atoms with E-state index in [2.05, 4.69) is 17.2 Å². The maximum absolute atomic E-state index is 12.9. The van der Waals surface area contributed by atoms with Crippen LogP contribution in [0.25, 0.3) is 0 Å². The molecule has 0 aliphatic heterocycles. The van der Waals surface area contributed by atoms with Crippen LogP contribution in [0.3, 0.4) is 0 Å². The average Bonchev–Trinajstić information content (AvgIpc) is 2.74. The molecule has 0 unspecified atom stereocenters. The van der Waals surface area contributed by atoms with Crippen molar-refractivity contribution in [2.75, 3.05) is 6.54 Å². The Balaban J connectivity index is 2.26. The number of Topliss-reactive ketones (excluding diaryl/α,β-unsaturated/α-hetero) is 1. The third-order valence-corrected chi connectivity index (χ3v) is 4.22. The van der Waals surface area contributed by atoms with Crippen LogP contribution < -0.4 is 5.73 Å². The number of aromatic nitrogens is 3. The van der Waals surface area contributed by atoms with Gasteiger partial charge in [-0.05, 0) is 19.3 Å². The van der Waals surface area contributed by atoms with E-state index >= 15 is 0 Å². The van der Waals surface area contributed by atoms with Crippen molar-refractivity contribution < 1.29 is 4.79 Å². The van der Waals surface area contributed by atoms with Gasteiger partial charge in [0.25, 0.3) is 0 Å². The molecule has 1 aromatic heterocycles. The minimum atomic E-state index is -0.385. The van der Waals surface area contributed by atoms with Crippen LogP contribution in [0, 0.1) is 5.41 Å². The lowest BCUT2D eigenvalue weighted by atomic mass is 9.75. The smallest absolute Gasteiger partial charge is 0.189 e. The molecule has 2 rings (SSSR count). The number of rotatable bonds is 5. The first-order valence-corrected chi connectivity index (χ1v) is 7.37. The Labute approximate surface area is 114 Å². The number of aryl methyl sites for hydroxylation is 1. The fourth-order valence-corrected chi connectivity index (χ4v) is 3.01. The molecule has 1 aromatic rings. The van der Waals surface area contributed by atoms with Gasteiger partial charge in [-0.2, -0.15) is 0 Å². The minimum absolute atomic E-state index is 0.148. The standard InChI is InChI=1S/C14H24N4O/c1-2-9-18-12(10-16-17-18)13(19)14(11-15)7-5-3-4-6-8-14/h10H,2-9,11,15H2,1H3. The molecule has 0 radical (unpaired) electrons. The summed E-state index contributed by atoms with van der Waals surface area (Å²) in [6.45, 7) is 3.24. The molecule has 0 bridgehead atoms. The van der Waals surface area contributed by atoms with E-state index in [-0.39, 0.29) is 11.2 Å². The maximum atomic E-state index is 12.9. The molecule has 1 heterocycles. The summed E-state index contributed by atoms with van der Waals surface area (Å²) in [7, 11) is 0. The number of nitrogens with zero attached hydrogens (tertiary/aromatic N) is 3. The lowest BCUT2D eigenvalue weighted by molar-refractivity contribution is 0.0762. The van der Waals surface area contributed by atoms with E-state index in [0.29, 0.717) is 12.2 Å². The van der Waals surface area contributed by atoms with E-state index < -0.39 is 0 Å².